The Kier molecular flexibility index (Phi) is 3.49. The third-order valence-electron chi connectivity index (χ3n) is 6.38. The topological polar surface area (TPSA) is 12.5 Å². The van der Waals surface area contributed by atoms with Crippen molar-refractivity contribution in [3.05, 3.63) is 26.8 Å². The molecule has 114 valence electrons. The van der Waals surface area contributed by atoms with E-state index in [9.17, 15) is 0 Å². The van der Waals surface area contributed by atoms with Gasteiger partial charge >= 0.3 is 0 Å². The van der Waals surface area contributed by atoms with Crippen LogP contribution >= 0.6 is 22.6 Å². The molecule has 3 atom stereocenters. The first-order valence-electron chi connectivity index (χ1n) is 8.23. The Morgan fingerprint density at radius 1 is 1.29 bits per heavy atom. The summed E-state index contributed by atoms with van der Waals surface area (Å²) in [6.07, 6.45) is 8.20. The van der Waals surface area contributed by atoms with E-state index in [2.05, 4.69) is 46.7 Å². The van der Waals surface area contributed by atoms with Crippen LogP contribution in [0.3, 0.4) is 0 Å². The number of piperidine rings is 1. The van der Waals surface area contributed by atoms with Crippen molar-refractivity contribution in [3.63, 3.8) is 0 Å². The number of likely N-dealkylation sites (tertiary alicyclic amines) is 1. The Labute approximate surface area is 141 Å². The van der Waals surface area contributed by atoms with Crippen LogP contribution in [-0.2, 0) is 11.8 Å². The minimum Gasteiger partial charge on any atom is -0.496 e. The molecular formula is C18H24INO. The molecule has 2 fully saturated rings. The maximum Gasteiger partial charge on any atom is 0.132 e. The Morgan fingerprint density at radius 2 is 2.14 bits per heavy atom. The normalized spacial score (nSPS) is 35.0. The van der Waals surface area contributed by atoms with E-state index in [1.165, 1.54) is 48.6 Å². The number of likely N-dealkylation sites (N-methyl/N-ethyl adjacent to an activating group) is 1. The van der Waals surface area contributed by atoms with Gasteiger partial charge in [-0.25, -0.2) is 0 Å². The Morgan fingerprint density at radius 3 is 2.95 bits per heavy atom. The van der Waals surface area contributed by atoms with Crippen molar-refractivity contribution in [2.45, 2.75) is 50.0 Å². The molecule has 2 aliphatic carbocycles. The average Bonchev–Trinajstić information content (AvgIpc) is 2.50. The lowest BCUT2D eigenvalue weighted by Gasteiger charge is -2.58. The molecule has 1 aliphatic heterocycles. The maximum atomic E-state index is 5.63. The minimum atomic E-state index is 0.445. The molecule has 0 radical (unpaired) electrons. The van der Waals surface area contributed by atoms with Gasteiger partial charge in [0.15, 0.2) is 0 Å². The Bertz CT molecular complexity index is 573. The van der Waals surface area contributed by atoms with E-state index in [1.807, 2.05) is 0 Å². The molecular weight excluding hydrogens is 373 g/mol. The summed E-state index contributed by atoms with van der Waals surface area (Å²) in [4.78, 5) is 2.63. The van der Waals surface area contributed by atoms with Crippen molar-refractivity contribution in [3.8, 4) is 5.75 Å². The maximum absolute atomic E-state index is 5.63. The van der Waals surface area contributed by atoms with Crippen molar-refractivity contribution in [1.82, 2.24) is 4.90 Å². The highest BCUT2D eigenvalue weighted by molar-refractivity contribution is 14.1. The first kappa shape index (κ1) is 14.3. The molecule has 0 aromatic heterocycles. The highest BCUT2D eigenvalue weighted by Crippen LogP contribution is 2.56. The molecule has 1 saturated heterocycles. The zero-order valence-corrected chi connectivity index (χ0v) is 15.2. The average molecular weight is 397 g/mol. The number of halogens is 1. The first-order chi connectivity index (χ1) is 10.2. The third kappa shape index (κ3) is 1.99. The standard InChI is InChI=1S/C18H24INO/c1-20-8-7-18-6-4-3-5-13(18)16(20)10-12-9-15(19)17(21-2)11-14(12)18/h9,11,13,16H,3-8,10H2,1-2H3/t13-,16-,18-/m1/s1. The van der Waals surface area contributed by atoms with Gasteiger partial charge in [0.2, 0.25) is 0 Å². The van der Waals surface area contributed by atoms with E-state index in [0.29, 0.717) is 5.41 Å². The zero-order valence-electron chi connectivity index (χ0n) is 13.0. The number of fused-ring (bicyclic) bond motifs is 1. The summed E-state index contributed by atoms with van der Waals surface area (Å²) in [6.45, 7) is 1.26. The number of hydrogen-bond acceptors (Lipinski definition) is 2. The summed E-state index contributed by atoms with van der Waals surface area (Å²) in [5, 5.41) is 0. The fourth-order valence-corrected chi connectivity index (χ4v) is 6.11. The number of ether oxygens (including phenoxy) is 1. The van der Waals surface area contributed by atoms with Crippen LogP contribution in [0.5, 0.6) is 5.75 Å². The van der Waals surface area contributed by atoms with Gasteiger partial charge in [-0.15, -0.1) is 0 Å². The highest BCUT2D eigenvalue weighted by Gasteiger charge is 2.53. The minimum absolute atomic E-state index is 0.445. The quantitative estimate of drug-likeness (QED) is 0.665. The third-order valence-corrected chi connectivity index (χ3v) is 7.23. The van der Waals surface area contributed by atoms with Gasteiger partial charge < -0.3 is 9.64 Å². The van der Waals surface area contributed by atoms with E-state index in [1.54, 1.807) is 18.2 Å². The molecule has 1 saturated carbocycles. The number of benzene rings is 1. The molecule has 2 nitrogen and oxygen atoms in total. The molecule has 1 aromatic carbocycles. The molecule has 0 amide bonds. The van der Waals surface area contributed by atoms with Gasteiger partial charge in [0, 0.05) is 11.5 Å². The predicted octanol–water partition coefficient (Wildman–Crippen LogP) is 3.99. The molecule has 3 aliphatic rings. The fourth-order valence-electron chi connectivity index (χ4n) is 5.36. The van der Waals surface area contributed by atoms with Gasteiger partial charge in [0.25, 0.3) is 0 Å². The van der Waals surface area contributed by atoms with Crippen LogP contribution in [0.15, 0.2) is 12.1 Å². The largest absolute Gasteiger partial charge is 0.496 e. The van der Waals surface area contributed by atoms with Crippen LogP contribution in [-0.4, -0.2) is 31.6 Å². The van der Waals surface area contributed by atoms with E-state index in [4.69, 9.17) is 4.74 Å². The summed E-state index contributed by atoms with van der Waals surface area (Å²) < 4.78 is 6.89. The lowest BCUT2D eigenvalue weighted by molar-refractivity contribution is 0.00270. The highest BCUT2D eigenvalue weighted by atomic mass is 127. The SMILES string of the molecule is COc1cc2c(cc1I)C[C@@H]1[C@H]3CCCC[C@]23CCN1C. The Balaban J connectivity index is 1.90. The lowest BCUT2D eigenvalue weighted by Crippen LogP contribution is -2.59. The van der Waals surface area contributed by atoms with Crippen molar-refractivity contribution < 1.29 is 4.74 Å². The van der Waals surface area contributed by atoms with E-state index in [0.717, 1.165) is 17.7 Å². The van der Waals surface area contributed by atoms with Gasteiger partial charge in [-0.2, -0.15) is 0 Å². The number of methoxy groups -OCH3 is 1. The molecule has 2 bridgehead atoms. The molecule has 21 heavy (non-hydrogen) atoms. The summed E-state index contributed by atoms with van der Waals surface area (Å²) in [5.41, 5.74) is 3.67. The monoisotopic (exact) mass is 397 g/mol. The van der Waals surface area contributed by atoms with Crippen LogP contribution in [0.25, 0.3) is 0 Å². The predicted molar refractivity (Wildman–Crippen MR) is 94.1 cm³/mol. The molecule has 3 heteroatoms. The number of hydrogen-bond donors (Lipinski definition) is 0. The molecule has 1 heterocycles. The summed E-state index contributed by atoms with van der Waals surface area (Å²) >= 11 is 2.42. The van der Waals surface area contributed by atoms with Crippen LogP contribution < -0.4 is 4.74 Å². The smallest absolute Gasteiger partial charge is 0.132 e. The number of nitrogens with zero attached hydrogens (tertiary/aromatic N) is 1. The van der Waals surface area contributed by atoms with Gasteiger partial charge in [0.1, 0.15) is 5.75 Å². The second-order valence-electron chi connectivity index (χ2n) is 7.15. The van der Waals surface area contributed by atoms with Crippen molar-refractivity contribution in [1.29, 1.82) is 0 Å². The first-order valence-corrected chi connectivity index (χ1v) is 9.31. The molecule has 1 aromatic rings. The van der Waals surface area contributed by atoms with Crippen LogP contribution in [0.4, 0.5) is 0 Å². The van der Waals surface area contributed by atoms with Crippen molar-refractivity contribution in [2.75, 3.05) is 20.7 Å². The lowest BCUT2D eigenvalue weighted by atomic mass is 9.52. The van der Waals surface area contributed by atoms with E-state index in [-0.39, 0.29) is 0 Å². The summed E-state index contributed by atoms with van der Waals surface area (Å²) in [6, 6.07) is 5.54. The van der Waals surface area contributed by atoms with Gasteiger partial charge in [-0.1, -0.05) is 12.8 Å². The summed E-state index contributed by atoms with van der Waals surface area (Å²) in [5.74, 6) is 1.94. The van der Waals surface area contributed by atoms with Gasteiger partial charge in [0.05, 0.1) is 10.7 Å². The van der Waals surface area contributed by atoms with Gasteiger partial charge in [-0.3, -0.25) is 0 Å². The van der Waals surface area contributed by atoms with Crippen LogP contribution in [0.2, 0.25) is 0 Å². The Hall–Kier alpha value is -0.290. The second-order valence-corrected chi connectivity index (χ2v) is 8.32. The van der Waals surface area contributed by atoms with Crippen LogP contribution in [0.1, 0.15) is 43.2 Å². The van der Waals surface area contributed by atoms with Crippen molar-refractivity contribution in [2.24, 2.45) is 5.92 Å². The molecule has 0 unspecified atom stereocenters. The van der Waals surface area contributed by atoms with E-state index >= 15 is 0 Å². The molecule has 0 N–H and O–H groups in total. The second kappa shape index (κ2) is 5.12. The molecule has 4 rings (SSSR count). The van der Waals surface area contributed by atoms with Crippen LogP contribution in [0, 0.1) is 9.49 Å². The molecule has 0 spiro atoms. The number of rotatable bonds is 1. The fraction of sp³-hybridized carbons (Fsp3) is 0.667. The summed E-state index contributed by atoms with van der Waals surface area (Å²) in [7, 11) is 4.14. The van der Waals surface area contributed by atoms with Crippen molar-refractivity contribution >= 4 is 22.6 Å². The van der Waals surface area contributed by atoms with Gasteiger partial charge in [-0.05, 0) is 91.0 Å². The zero-order chi connectivity index (χ0) is 14.6. The van der Waals surface area contributed by atoms with E-state index < -0.39 is 0 Å².